The number of hydrazine groups is 1. The maximum Gasteiger partial charge on any atom is 0.304 e. The van der Waals surface area contributed by atoms with Gasteiger partial charge in [0.15, 0.2) is 0 Å². The largest absolute Gasteiger partial charge is 0.304 e. The molecule has 0 saturated carbocycles. The van der Waals surface area contributed by atoms with Crippen LogP contribution in [-0.4, -0.2) is 13.1 Å². The van der Waals surface area contributed by atoms with Crippen molar-refractivity contribution in [1.29, 1.82) is 0 Å². The Hall–Kier alpha value is -0.220. The maximum absolute atomic E-state index is 11.0. The van der Waals surface area contributed by atoms with Gasteiger partial charge in [-0.3, -0.25) is 5.43 Å². The Bertz CT molecular complexity index is 39.9. The predicted octanol–water partition coefficient (Wildman–Crippen LogP) is 0.323. The van der Waals surface area contributed by atoms with Crippen LogP contribution >= 0.6 is 0 Å². The molecule has 0 atom stereocenters. The van der Waals surface area contributed by atoms with Crippen LogP contribution in [0.2, 0.25) is 0 Å². The molecular weight excluding hydrogens is 102 g/mol. The zero-order valence-corrected chi connectivity index (χ0v) is 4.04. The van der Waals surface area contributed by atoms with E-state index in [0.717, 1.165) is 0 Å². The average Bonchev–Trinajstić information content (AvgIpc) is 1.61. The first-order valence-corrected chi connectivity index (χ1v) is 2.04. The standard InChI is InChI=1S/C3H8F2N2/c1-2-6-7-3(4)5/h3,6-7H,2H2,1H3. The van der Waals surface area contributed by atoms with Crippen molar-refractivity contribution in [3.63, 3.8) is 0 Å². The summed E-state index contributed by atoms with van der Waals surface area (Å²) < 4.78 is 22.1. The lowest BCUT2D eigenvalue weighted by molar-refractivity contribution is 0.0904. The summed E-state index contributed by atoms with van der Waals surface area (Å²) in [5.74, 6) is 0. The molecule has 0 aliphatic heterocycles. The van der Waals surface area contributed by atoms with Crippen LogP contribution in [0.4, 0.5) is 8.78 Å². The highest BCUT2D eigenvalue weighted by Crippen LogP contribution is 1.78. The predicted molar refractivity (Wildman–Crippen MR) is 22.8 cm³/mol. The van der Waals surface area contributed by atoms with Crippen molar-refractivity contribution in [3.05, 3.63) is 0 Å². The number of halogens is 2. The van der Waals surface area contributed by atoms with Crippen molar-refractivity contribution in [1.82, 2.24) is 10.9 Å². The topological polar surface area (TPSA) is 24.1 Å². The van der Waals surface area contributed by atoms with Crippen molar-refractivity contribution in [3.8, 4) is 0 Å². The molecule has 0 amide bonds. The molecule has 2 nitrogen and oxygen atoms in total. The quantitative estimate of drug-likeness (QED) is 0.404. The Morgan fingerprint density at radius 1 is 1.57 bits per heavy atom. The first kappa shape index (κ1) is 6.78. The first-order valence-electron chi connectivity index (χ1n) is 2.04. The fourth-order valence-corrected chi connectivity index (χ4v) is 0.179. The van der Waals surface area contributed by atoms with Gasteiger partial charge in [-0.05, 0) is 0 Å². The Balaban J connectivity index is 2.68. The highest BCUT2D eigenvalue weighted by molar-refractivity contribution is 4.27. The van der Waals surface area contributed by atoms with Crippen LogP contribution in [0.1, 0.15) is 6.92 Å². The van der Waals surface area contributed by atoms with Gasteiger partial charge in [-0.1, -0.05) is 6.92 Å². The molecule has 44 valence electrons. The normalized spacial score (nSPS) is 10.3. The Morgan fingerprint density at radius 3 is 2.29 bits per heavy atom. The molecule has 7 heavy (non-hydrogen) atoms. The number of alkyl halides is 2. The lowest BCUT2D eigenvalue weighted by Gasteiger charge is -1.99. The highest BCUT2D eigenvalue weighted by atomic mass is 19.3. The molecule has 0 bridgehead atoms. The van der Waals surface area contributed by atoms with Gasteiger partial charge in [0.25, 0.3) is 0 Å². The van der Waals surface area contributed by atoms with Gasteiger partial charge < -0.3 is 0 Å². The monoisotopic (exact) mass is 110 g/mol. The Morgan fingerprint density at radius 2 is 2.14 bits per heavy atom. The second-order valence-electron chi connectivity index (χ2n) is 0.975. The van der Waals surface area contributed by atoms with E-state index < -0.39 is 6.55 Å². The third-order valence-corrected chi connectivity index (χ3v) is 0.388. The number of hydrogen-bond donors (Lipinski definition) is 2. The van der Waals surface area contributed by atoms with Gasteiger partial charge in [0, 0.05) is 6.54 Å². The zero-order chi connectivity index (χ0) is 5.70. The van der Waals surface area contributed by atoms with Gasteiger partial charge >= 0.3 is 6.55 Å². The first-order chi connectivity index (χ1) is 3.27. The summed E-state index contributed by atoms with van der Waals surface area (Å²) in [6, 6.07) is 0. The van der Waals surface area contributed by atoms with Gasteiger partial charge in [-0.15, -0.1) is 0 Å². The summed E-state index contributed by atoms with van der Waals surface area (Å²) in [4.78, 5) is 0. The molecule has 0 radical (unpaired) electrons. The highest BCUT2D eigenvalue weighted by Gasteiger charge is 1.94. The van der Waals surface area contributed by atoms with E-state index in [1.807, 2.05) is 0 Å². The van der Waals surface area contributed by atoms with Crippen molar-refractivity contribution in [2.24, 2.45) is 0 Å². The minimum absolute atomic E-state index is 0.504. The van der Waals surface area contributed by atoms with Crippen LogP contribution in [0.5, 0.6) is 0 Å². The van der Waals surface area contributed by atoms with E-state index >= 15 is 0 Å². The van der Waals surface area contributed by atoms with E-state index in [2.05, 4.69) is 5.43 Å². The maximum atomic E-state index is 11.0. The van der Waals surface area contributed by atoms with E-state index in [-0.39, 0.29) is 0 Å². The van der Waals surface area contributed by atoms with Crippen LogP contribution in [0.15, 0.2) is 0 Å². The van der Waals surface area contributed by atoms with E-state index in [1.54, 1.807) is 12.3 Å². The molecule has 0 aromatic carbocycles. The molecule has 0 heterocycles. The summed E-state index contributed by atoms with van der Waals surface area (Å²) in [5, 5.41) is 0. The Kier molecular flexibility index (Phi) is 3.83. The van der Waals surface area contributed by atoms with E-state index in [4.69, 9.17) is 0 Å². The van der Waals surface area contributed by atoms with Gasteiger partial charge in [-0.25, -0.2) is 0 Å². The van der Waals surface area contributed by atoms with Gasteiger partial charge in [0.2, 0.25) is 0 Å². The smallest absolute Gasteiger partial charge is 0.254 e. The molecular formula is C3H8F2N2. The summed E-state index contributed by atoms with van der Waals surface area (Å²) in [5.41, 5.74) is 3.96. The summed E-state index contributed by atoms with van der Waals surface area (Å²) >= 11 is 0. The van der Waals surface area contributed by atoms with Crippen LogP contribution in [0, 0.1) is 0 Å². The van der Waals surface area contributed by atoms with Crippen molar-refractivity contribution < 1.29 is 8.78 Å². The molecule has 0 unspecified atom stereocenters. The summed E-state index contributed by atoms with van der Waals surface area (Å²) in [6.07, 6.45) is 0. The average molecular weight is 110 g/mol. The van der Waals surface area contributed by atoms with Crippen molar-refractivity contribution >= 4 is 0 Å². The van der Waals surface area contributed by atoms with Crippen molar-refractivity contribution in [2.45, 2.75) is 13.5 Å². The molecule has 0 fully saturated rings. The zero-order valence-electron chi connectivity index (χ0n) is 4.04. The molecule has 0 spiro atoms. The molecule has 4 heteroatoms. The van der Waals surface area contributed by atoms with E-state index in [9.17, 15) is 8.78 Å². The Labute approximate surface area is 40.9 Å². The number of rotatable bonds is 3. The fourth-order valence-electron chi connectivity index (χ4n) is 0.179. The summed E-state index contributed by atoms with van der Waals surface area (Å²) in [6.45, 7) is -0.223. The minimum atomic E-state index is -2.46. The van der Waals surface area contributed by atoms with Crippen LogP contribution in [0.3, 0.4) is 0 Å². The van der Waals surface area contributed by atoms with Gasteiger partial charge in [-0.2, -0.15) is 14.2 Å². The number of nitrogens with one attached hydrogen (secondary N) is 2. The number of hydrogen-bond acceptors (Lipinski definition) is 2. The fraction of sp³-hybridized carbons (Fsp3) is 1.00. The summed E-state index contributed by atoms with van der Waals surface area (Å²) in [7, 11) is 0. The third kappa shape index (κ3) is 5.78. The molecule has 0 saturated heterocycles. The molecule has 0 aromatic heterocycles. The van der Waals surface area contributed by atoms with E-state index in [1.165, 1.54) is 0 Å². The van der Waals surface area contributed by atoms with Crippen molar-refractivity contribution in [2.75, 3.05) is 6.54 Å². The van der Waals surface area contributed by atoms with Crippen LogP contribution in [0.25, 0.3) is 0 Å². The molecule has 0 rings (SSSR count). The molecule has 2 N–H and O–H groups in total. The second kappa shape index (κ2) is 3.95. The molecule has 0 aliphatic carbocycles. The molecule has 0 aromatic rings. The minimum Gasteiger partial charge on any atom is -0.254 e. The second-order valence-corrected chi connectivity index (χ2v) is 0.975. The lowest BCUT2D eigenvalue weighted by atomic mass is 10.8. The molecule has 0 aliphatic rings. The van der Waals surface area contributed by atoms with Crippen LogP contribution < -0.4 is 10.9 Å². The third-order valence-electron chi connectivity index (χ3n) is 0.388. The lowest BCUT2D eigenvalue weighted by Crippen LogP contribution is -2.35. The van der Waals surface area contributed by atoms with E-state index in [0.29, 0.717) is 6.54 Å². The van der Waals surface area contributed by atoms with Gasteiger partial charge in [0.05, 0.1) is 0 Å². The SMILES string of the molecule is CCNNC(F)F. The van der Waals surface area contributed by atoms with Crippen LogP contribution in [-0.2, 0) is 0 Å². The van der Waals surface area contributed by atoms with Gasteiger partial charge in [0.1, 0.15) is 0 Å².